The average Bonchev–Trinajstić information content (AvgIpc) is 2.36. The third-order valence-corrected chi connectivity index (χ3v) is 12.2. The highest BCUT2D eigenvalue weighted by Crippen LogP contribution is 2.49. The molecule has 0 bridgehead atoms. The largest absolute Gasteiger partial charge is 0.384 e. The smallest absolute Gasteiger partial charge is 0.0964 e. The molecule has 0 aromatic heterocycles. The zero-order chi connectivity index (χ0) is 16.4. The van der Waals surface area contributed by atoms with Gasteiger partial charge in [0, 0.05) is 0 Å². The second-order valence-corrected chi connectivity index (χ2v) is 13.2. The van der Waals surface area contributed by atoms with Crippen molar-refractivity contribution < 1.29 is 5.11 Å². The van der Waals surface area contributed by atoms with Crippen LogP contribution < -0.4 is 0 Å². The van der Waals surface area contributed by atoms with Gasteiger partial charge in [-0.3, -0.25) is 0 Å². The van der Waals surface area contributed by atoms with Gasteiger partial charge in [-0.2, -0.15) is 0 Å². The molecule has 1 atom stereocenters. The molecule has 0 aliphatic heterocycles. The molecule has 0 saturated carbocycles. The number of aliphatic hydroxyl groups is 1. The molecular weight excluding hydrogens is 272 g/mol. The highest BCUT2D eigenvalue weighted by atomic mass is 28.3. The van der Waals surface area contributed by atoms with Crippen molar-refractivity contribution in [2.24, 2.45) is 0 Å². The van der Waals surface area contributed by atoms with Crippen LogP contribution in [0, 0.1) is 6.92 Å². The Kier molecular flexibility index (Phi) is 6.00. The molecule has 0 fully saturated rings. The van der Waals surface area contributed by atoms with Crippen LogP contribution in [0.25, 0.3) is 0 Å². The van der Waals surface area contributed by atoms with Crippen LogP contribution in [0.15, 0.2) is 36.0 Å². The number of aryl methyl sites for hydroxylation is 1. The van der Waals surface area contributed by atoms with Crippen molar-refractivity contribution in [1.82, 2.24) is 0 Å². The number of rotatable bonds is 6. The molecule has 2 heteroatoms. The lowest BCUT2D eigenvalue weighted by Gasteiger charge is -2.46. The molecule has 1 nitrogen and oxygen atoms in total. The quantitative estimate of drug-likeness (QED) is 0.658. The second-order valence-electron chi connectivity index (χ2n) is 7.24. The molecule has 1 unspecified atom stereocenters. The maximum absolute atomic E-state index is 10.9. The van der Waals surface area contributed by atoms with E-state index in [4.69, 9.17) is 0 Å². The van der Waals surface area contributed by atoms with Crippen LogP contribution >= 0.6 is 0 Å². The zero-order valence-corrected chi connectivity index (χ0v) is 15.8. The summed E-state index contributed by atoms with van der Waals surface area (Å²) >= 11 is 0. The van der Waals surface area contributed by atoms with Gasteiger partial charge in [0.15, 0.2) is 0 Å². The molecule has 0 spiro atoms. The number of hydrogen-bond donors (Lipinski definition) is 1. The van der Waals surface area contributed by atoms with Crippen LogP contribution in [0.1, 0.15) is 58.8 Å². The minimum absolute atomic E-state index is 0.538. The molecule has 0 amide bonds. The summed E-state index contributed by atoms with van der Waals surface area (Å²) in [6, 6.07) is 8.18. The van der Waals surface area contributed by atoms with E-state index in [0.717, 1.165) is 10.8 Å². The highest BCUT2D eigenvalue weighted by molar-refractivity contribution is 6.89. The monoisotopic (exact) mass is 304 g/mol. The molecule has 0 radical (unpaired) electrons. The Labute approximate surface area is 132 Å². The van der Waals surface area contributed by atoms with Gasteiger partial charge >= 0.3 is 0 Å². The predicted octanol–water partition coefficient (Wildman–Crippen LogP) is 5.80. The number of benzene rings is 1. The van der Waals surface area contributed by atoms with E-state index in [2.05, 4.69) is 67.2 Å². The number of hydrogen-bond acceptors (Lipinski definition) is 1. The summed E-state index contributed by atoms with van der Waals surface area (Å²) in [4.78, 5) is 0. The van der Waals surface area contributed by atoms with Crippen LogP contribution in [0.4, 0.5) is 0 Å². The molecule has 1 rings (SSSR count). The van der Waals surface area contributed by atoms with Crippen LogP contribution in [0.2, 0.25) is 16.6 Å². The van der Waals surface area contributed by atoms with Crippen molar-refractivity contribution in [2.75, 3.05) is 0 Å². The number of aliphatic hydroxyl groups excluding tert-OH is 1. The van der Waals surface area contributed by atoms with Crippen molar-refractivity contribution in [3.8, 4) is 0 Å². The lowest BCUT2D eigenvalue weighted by Crippen LogP contribution is -2.48. The molecule has 0 aliphatic rings. The van der Waals surface area contributed by atoms with Gasteiger partial charge in [-0.25, -0.2) is 0 Å². The Morgan fingerprint density at radius 3 is 1.86 bits per heavy atom. The first-order chi connectivity index (χ1) is 9.65. The normalized spacial score (nSPS) is 14.0. The second kappa shape index (κ2) is 6.93. The minimum atomic E-state index is -1.84. The Balaban J connectivity index is 3.29. The zero-order valence-electron chi connectivity index (χ0n) is 14.8. The van der Waals surface area contributed by atoms with Gasteiger partial charge in [0.05, 0.1) is 14.2 Å². The van der Waals surface area contributed by atoms with E-state index in [0.29, 0.717) is 16.6 Å². The summed E-state index contributed by atoms with van der Waals surface area (Å²) in [5.74, 6) is 0. The summed E-state index contributed by atoms with van der Waals surface area (Å²) in [5.41, 5.74) is 3.89. The molecule has 1 aromatic carbocycles. The fourth-order valence-corrected chi connectivity index (χ4v) is 11.3. The molecule has 0 heterocycles. The van der Waals surface area contributed by atoms with E-state index in [1.165, 1.54) is 5.56 Å². The van der Waals surface area contributed by atoms with Gasteiger partial charge in [0.2, 0.25) is 0 Å². The molecule has 0 saturated heterocycles. The summed E-state index contributed by atoms with van der Waals surface area (Å²) in [7, 11) is -1.84. The molecule has 1 N–H and O–H groups in total. The fourth-order valence-electron chi connectivity index (χ4n) is 4.39. The van der Waals surface area contributed by atoms with Crippen molar-refractivity contribution in [1.29, 1.82) is 0 Å². The molecular formula is C19H32OSi. The highest BCUT2D eigenvalue weighted by Gasteiger charge is 2.47. The van der Waals surface area contributed by atoms with E-state index >= 15 is 0 Å². The van der Waals surface area contributed by atoms with E-state index < -0.39 is 14.2 Å². The van der Waals surface area contributed by atoms with Crippen LogP contribution in [0.3, 0.4) is 0 Å². The first-order valence-corrected chi connectivity index (χ1v) is 10.3. The molecule has 1 aromatic rings. The van der Waals surface area contributed by atoms with Gasteiger partial charge in [-0.05, 0) is 29.1 Å². The van der Waals surface area contributed by atoms with Gasteiger partial charge in [0.1, 0.15) is 0 Å². The first kappa shape index (κ1) is 18.2. The lowest BCUT2D eigenvalue weighted by atomic mass is 10.1. The SMILES string of the molecule is C=C(C(O)c1cccc(C)c1)[Si](C(C)C)(C(C)C)C(C)C. The van der Waals surface area contributed by atoms with Crippen LogP contribution in [-0.2, 0) is 0 Å². The molecule has 0 aliphatic carbocycles. The Bertz CT molecular complexity index is 466. The summed E-state index contributed by atoms with van der Waals surface area (Å²) in [5, 5.41) is 12.0. The Hall–Kier alpha value is -0.863. The topological polar surface area (TPSA) is 20.2 Å². The first-order valence-electron chi connectivity index (χ1n) is 8.09. The maximum atomic E-state index is 10.9. The maximum Gasteiger partial charge on any atom is 0.0964 e. The minimum Gasteiger partial charge on any atom is -0.384 e. The molecule has 118 valence electrons. The summed E-state index contributed by atoms with van der Waals surface area (Å²) in [6.45, 7) is 20.3. The van der Waals surface area contributed by atoms with E-state index in [9.17, 15) is 5.11 Å². The van der Waals surface area contributed by atoms with E-state index in [-0.39, 0.29) is 0 Å². The average molecular weight is 305 g/mol. The third-order valence-electron chi connectivity index (χ3n) is 5.11. The standard InChI is InChI=1S/C19H32OSi/c1-13(2)21(14(3)4,15(5)6)17(8)19(20)18-11-9-10-16(7)12-18/h9-15,19-20H,8H2,1-7H3. The summed E-state index contributed by atoms with van der Waals surface area (Å²) < 4.78 is 0. The van der Waals surface area contributed by atoms with Crippen LogP contribution in [0.5, 0.6) is 0 Å². The molecule has 21 heavy (non-hydrogen) atoms. The lowest BCUT2D eigenvalue weighted by molar-refractivity contribution is 0.221. The van der Waals surface area contributed by atoms with Crippen LogP contribution in [-0.4, -0.2) is 13.2 Å². The van der Waals surface area contributed by atoms with Gasteiger partial charge in [-0.15, -0.1) is 6.58 Å². The van der Waals surface area contributed by atoms with Gasteiger partial charge in [0.25, 0.3) is 0 Å². The Morgan fingerprint density at radius 2 is 1.48 bits per heavy atom. The van der Waals surface area contributed by atoms with E-state index in [1.54, 1.807) is 0 Å². The fraction of sp³-hybridized carbons (Fsp3) is 0.579. The van der Waals surface area contributed by atoms with Gasteiger partial charge in [-0.1, -0.05) is 76.6 Å². The van der Waals surface area contributed by atoms with Gasteiger partial charge < -0.3 is 5.11 Å². The Morgan fingerprint density at radius 1 is 1.00 bits per heavy atom. The predicted molar refractivity (Wildman–Crippen MR) is 96.3 cm³/mol. The summed E-state index contributed by atoms with van der Waals surface area (Å²) in [6.07, 6.45) is -0.538. The van der Waals surface area contributed by atoms with Crippen molar-refractivity contribution in [3.05, 3.63) is 47.2 Å². The van der Waals surface area contributed by atoms with E-state index in [1.807, 2.05) is 12.1 Å². The van der Waals surface area contributed by atoms with Crippen molar-refractivity contribution in [3.63, 3.8) is 0 Å². The third kappa shape index (κ3) is 3.32. The van der Waals surface area contributed by atoms with Crippen molar-refractivity contribution >= 4 is 8.07 Å². The van der Waals surface area contributed by atoms with Crippen molar-refractivity contribution in [2.45, 2.75) is 71.2 Å².